The lowest BCUT2D eigenvalue weighted by molar-refractivity contribution is -0.137. The molecule has 124 valence electrons. The average Bonchev–Trinajstić information content (AvgIpc) is 2.44. The van der Waals surface area contributed by atoms with Gasteiger partial charge in [-0.3, -0.25) is 9.55 Å². The van der Waals surface area contributed by atoms with Crippen LogP contribution in [-0.4, -0.2) is 21.1 Å². The molecular formula is C13H13F3N3O3P. The summed E-state index contributed by atoms with van der Waals surface area (Å²) < 4.78 is 50.5. The molecule has 1 aromatic heterocycles. The van der Waals surface area contributed by atoms with Crippen LogP contribution in [0.15, 0.2) is 36.7 Å². The first-order chi connectivity index (χ1) is 10.6. The van der Waals surface area contributed by atoms with E-state index < -0.39 is 25.6 Å². The molecule has 5 N–H and O–H groups in total. The zero-order chi connectivity index (χ0) is 17.3. The van der Waals surface area contributed by atoms with Gasteiger partial charge in [0.2, 0.25) is 0 Å². The Bertz CT molecular complexity index is 747. The van der Waals surface area contributed by atoms with E-state index >= 15 is 0 Å². The Morgan fingerprint density at radius 2 is 2.00 bits per heavy atom. The molecular weight excluding hydrogens is 334 g/mol. The van der Waals surface area contributed by atoms with E-state index in [1.807, 2.05) is 0 Å². The molecule has 0 aliphatic carbocycles. The number of nitrogens with one attached hydrogen (secondary N) is 1. The molecule has 0 amide bonds. The van der Waals surface area contributed by atoms with Crippen LogP contribution < -0.4 is 11.1 Å². The van der Waals surface area contributed by atoms with Gasteiger partial charge < -0.3 is 20.8 Å². The summed E-state index contributed by atoms with van der Waals surface area (Å²) in [4.78, 5) is 21.5. The fraction of sp³-hybridized carbons (Fsp3) is 0.154. The van der Waals surface area contributed by atoms with Crippen molar-refractivity contribution in [1.82, 2.24) is 4.98 Å². The highest BCUT2D eigenvalue weighted by Gasteiger charge is 2.34. The maximum absolute atomic E-state index is 13.2. The molecule has 0 aliphatic heterocycles. The summed E-state index contributed by atoms with van der Waals surface area (Å²) in [7, 11) is -4.38. The highest BCUT2D eigenvalue weighted by Crippen LogP contribution is 2.42. The minimum Gasteiger partial charge on any atom is -0.397 e. The number of nitrogens with two attached hydrogens (primary N) is 1. The fourth-order valence-corrected chi connectivity index (χ4v) is 2.33. The summed E-state index contributed by atoms with van der Waals surface area (Å²) in [6.45, 7) is 0. The predicted octanol–water partition coefficient (Wildman–Crippen LogP) is 2.90. The number of nitrogens with zero attached hydrogens (tertiary/aromatic N) is 1. The van der Waals surface area contributed by atoms with Crippen molar-refractivity contribution in [2.75, 3.05) is 17.3 Å². The van der Waals surface area contributed by atoms with Gasteiger partial charge in [-0.2, -0.15) is 13.2 Å². The van der Waals surface area contributed by atoms with Crippen molar-refractivity contribution in [3.8, 4) is 11.1 Å². The number of benzene rings is 1. The Morgan fingerprint density at radius 3 is 2.52 bits per heavy atom. The zero-order valence-corrected chi connectivity index (χ0v) is 12.5. The van der Waals surface area contributed by atoms with Crippen molar-refractivity contribution >= 4 is 19.0 Å². The molecule has 0 saturated heterocycles. The van der Waals surface area contributed by atoms with Crippen molar-refractivity contribution in [2.24, 2.45) is 0 Å². The van der Waals surface area contributed by atoms with E-state index in [1.54, 1.807) is 0 Å². The molecule has 1 aromatic carbocycles. The smallest absolute Gasteiger partial charge is 0.397 e. The van der Waals surface area contributed by atoms with Gasteiger partial charge in [-0.05, 0) is 23.8 Å². The molecule has 0 atom stereocenters. The summed E-state index contributed by atoms with van der Waals surface area (Å²) in [5, 5.41) is 2.37. The maximum atomic E-state index is 13.2. The Hall–Kier alpha value is -2.09. The first kappa shape index (κ1) is 17.3. The summed E-state index contributed by atoms with van der Waals surface area (Å²) in [5.41, 5.74) is 4.36. The zero-order valence-electron chi connectivity index (χ0n) is 11.6. The fourth-order valence-electron chi connectivity index (χ4n) is 1.95. The number of halogens is 3. The van der Waals surface area contributed by atoms with Gasteiger partial charge in [0.25, 0.3) is 0 Å². The Balaban J connectivity index is 2.55. The number of nitrogen functional groups attached to an aromatic ring is 1. The van der Waals surface area contributed by atoms with E-state index in [1.165, 1.54) is 24.5 Å². The second kappa shape index (κ2) is 6.19. The molecule has 0 radical (unpaired) electrons. The number of alkyl halides is 3. The highest BCUT2D eigenvalue weighted by atomic mass is 31.2. The van der Waals surface area contributed by atoms with E-state index in [0.717, 1.165) is 12.1 Å². The second-order valence-corrected chi connectivity index (χ2v) is 6.37. The van der Waals surface area contributed by atoms with Gasteiger partial charge in [0.15, 0.2) is 0 Å². The SMILES string of the molecule is Nc1cc(C(F)(F)F)c(-c2cccnc2)cc1NCP(=O)(O)O. The minimum absolute atomic E-state index is 0.000165. The Morgan fingerprint density at radius 1 is 1.30 bits per heavy atom. The molecule has 0 bridgehead atoms. The molecule has 2 rings (SSSR count). The van der Waals surface area contributed by atoms with Crippen molar-refractivity contribution < 1.29 is 27.5 Å². The summed E-state index contributed by atoms with van der Waals surface area (Å²) in [5.74, 6) is 0. The number of pyridine rings is 1. The molecule has 6 nitrogen and oxygen atoms in total. The molecule has 1 heterocycles. The minimum atomic E-state index is -4.64. The van der Waals surface area contributed by atoms with Gasteiger partial charge in [0.1, 0.15) is 6.29 Å². The summed E-state index contributed by atoms with van der Waals surface area (Å²) in [6, 6.07) is 4.75. The molecule has 10 heteroatoms. The molecule has 2 aromatic rings. The van der Waals surface area contributed by atoms with E-state index in [2.05, 4.69) is 10.3 Å². The van der Waals surface area contributed by atoms with Crippen molar-refractivity contribution in [1.29, 1.82) is 0 Å². The Kier molecular flexibility index (Phi) is 4.65. The maximum Gasteiger partial charge on any atom is 0.417 e. The molecule has 23 heavy (non-hydrogen) atoms. The third-order valence-electron chi connectivity index (χ3n) is 2.94. The quantitative estimate of drug-likeness (QED) is 0.500. The van der Waals surface area contributed by atoms with Gasteiger partial charge in [-0.1, -0.05) is 6.07 Å². The molecule has 0 spiro atoms. The van der Waals surface area contributed by atoms with Crippen molar-refractivity contribution in [3.05, 3.63) is 42.2 Å². The van der Waals surface area contributed by atoms with Gasteiger partial charge in [0.05, 0.1) is 16.9 Å². The van der Waals surface area contributed by atoms with Crippen molar-refractivity contribution in [2.45, 2.75) is 6.18 Å². The Labute approximate surface area is 129 Å². The summed E-state index contributed by atoms with van der Waals surface area (Å²) >= 11 is 0. The average molecular weight is 347 g/mol. The van der Waals surface area contributed by atoms with Gasteiger partial charge in [0, 0.05) is 18.0 Å². The predicted molar refractivity (Wildman–Crippen MR) is 79.6 cm³/mol. The number of aromatic nitrogens is 1. The van der Waals surface area contributed by atoms with Crippen LogP contribution in [0.1, 0.15) is 5.56 Å². The third-order valence-corrected chi connectivity index (χ3v) is 3.51. The van der Waals surface area contributed by atoms with E-state index in [9.17, 15) is 17.7 Å². The third kappa shape index (κ3) is 4.44. The van der Waals surface area contributed by atoms with Crippen LogP contribution in [0, 0.1) is 0 Å². The first-order valence-corrected chi connectivity index (χ1v) is 8.07. The monoisotopic (exact) mass is 347 g/mol. The molecule has 0 fully saturated rings. The standard InChI is InChI=1S/C13H13F3N3O3P/c14-13(15,16)10-5-11(17)12(19-7-23(20,21)22)4-9(10)8-2-1-3-18-6-8/h1-6,19H,7,17H2,(H2,20,21,22). The van der Waals surface area contributed by atoms with Crippen LogP contribution in [0.3, 0.4) is 0 Å². The second-order valence-electron chi connectivity index (χ2n) is 4.72. The number of anilines is 2. The van der Waals surface area contributed by atoms with Gasteiger partial charge in [-0.25, -0.2) is 0 Å². The van der Waals surface area contributed by atoms with E-state index in [-0.39, 0.29) is 22.5 Å². The molecule has 0 saturated carbocycles. The lowest BCUT2D eigenvalue weighted by Crippen LogP contribution is -2.11. The van der Waals surface area contributed by atoms with E-state index in [4.69, 9.17) is 15.5 Å². The topological polar surface area (TPSA) is 108 Å². The first-order valence-electron chi connectivity index (χ1n) is 6.27. The lowest BCUT2D eigenvalue weighted by atomic mass is 9.99. The van der Waals surface area contributed by atoms with Gasteiger partial charge >= 0.3 is 13.8 Å². The van der Waals surface area contributed by atoms with Gasteiger partial charge in [-0.15, -0.1) is 0 Å². The van der Waals surface area contributed by atoms with Crippen LogP contribution in [0.4, 0.5) is 24.5 Å². The van der Waals surface area contributed by atoms with E-state index in [0.29, 0.717) is 0 Å². The van der Waals surface area contributed by atoms with Crippen LogP contribution in [0.5, 0.6) is 0 Å². The summed E-state index contributed by atoms with van der Waals surface area (Å²) in [6.07, 6.45) is -2.70. The highest BCUT2D eigenvalue weighted by molar-refractivity contribution is 7.51. The van der Waals surface area contributed by atoms with Crippen molar-refractivity contribution in [3.63, 3.8) is 0 Å². The van der Waals surface area contributed by atoms with Crippen LogP contribution in [-0.2, 0) is 10.7 Å². The van der Waals surface area contributed by atoms with Crippen LogP contribution in [0.25, 0.3) is 11.1 Å². The lowest BCUT2D eigenvalue weighted by Gasteiger charge is -2.17. The molecule has 0 unspecified atom stereocenters. The van der Waals surface area contributed by atoms with Crippen LogP contribution in [0.2, 0.25) is 0 Å². The normalized spacial score (nSPS) is 12.2. The number of hydrogen-bond donors (Lipinski definition) is 4. The largest absolute Gasteiger partial charge is 0.417 e. The number of rotatable bonds is 4. The number of hydrogen-bond acceptors (Lipinski definition) is 4. The van der Waals surface area contributed by atoms with Crippen LogP contribution >= 0.6 is 7.60 Å². The molecule has 0 aliphatic rings.